The zero-order valence-corrected chi connectivity index (χ0v) is 12.9. The molecule has 0 fully saturated rings. The fraction of sp³-hybridized carbons (Fsp3) is 0.833. The number of rotatable bonds is 2. The van der Waals surface area contributed by atoms with Crippen molar-refractivity contribution >= 4 is 41.0 Å². The van der Waals surface area contributed by atoms with E-state index in [1.165, 1.54) is 0 Å². The number of hydrogen-bond acceptors (Lipinski definition) is 3. The number of hydrogen-bond donors (Lipinski definition) is 0. The molecule has 13 heavy (non-hydrogen) atoms. The summed E-state index contributed by atoms with van der Waals surface area (Å²) < 4.78 is 2.53. The molecule has 0 N–H and O–H groups in total. The fourth-order valence-corrected chi connectivity index (χ4v) is 1.57. The average Bonchev–Trinajstić information content (AvgIpc) is 1.79. The van der Waals surface area contributed by atoms with Crippen LogP contribution in [0.3, 0.4) is 0 Å². The van der Waals surface area contributed by atoms with E-state index in [2.05, 4.69) is 4.74 Å². The predicted octanol–water partition coefficient (Wildman–Crippen LogP) is -1.25. The van der Waals surface area contributed by atoms with Crippen LogP contribution in [0.1, 0.15) is 13.8 Å². The molecule has 0 heterocycles. The molecule has 0 aromatic carbocycles. The van der Waals surface area contributed by atoms with Crippen LogP contribution in [0, 0.1) is 5.92 Å². The molecule has 72 valence electrons. The van der Waals surface area contributed by atoms with Crippen LogP contribution in [0.15, 0.2) is 0 Å². The first-order chi connectivity index (χ1) is 5.25. The van der Waals surface area contributed by atoms with Gasteiger partial charge >= 0.3 is 51.4 Å². The Hall–Kier alpha value is 1.78. The number of carbonyl (C=O) groups is 1. The van der Waals surface area contributed by atoms with E-state index in [0.29, 0.717) is 0 Å². The zero-order valence-electron chi connectivity index (χ0n) is 7.51. The second-order valence-corrected chi connectivity index (χ2v) is 4.94. The first-order valence-electron chi connectivity index (χ1n) is 3.19. The van der Waals surface area contributed by atoms with Gasteiger partial charge in [0.05, 0.1) is 6.10 Å². The zero-order chi connectivity index (χ0) is 9.94. The van der Waals surface area contributed by atoms with Crippen LogP contribution in [0.25, 0.3) is 0 Å². The average molecular weight is 274 g/mol. The maximum absolute atomic E-state index is 10.1. The number of carboxylic acid groups (broad SMARTS) is 1. The van der Waals surface area contributed by atoms with Crippen molar-refractivity contribution in [3.63, 3.8) is 0 Å². The molecule has 0 saturated heterocycles. The number of ether oxygens (including phenoxy) is 1. The SMILES string of the molecule is CC(C)C(OC(=O)[O-])C(Cl)(Cl)Cl.[K+]. The second kappa shape index (κ2) is 7.12. The summed E-state index contributed by atoms with van der Waals surface area (Å²) in [4.78, 5) is 10.1. The molecule has 0 amide bonds. The van der Waals surface area contributed by atoms with Crippen LogP contribution >= 0.6 is 34.8 Å². The van der Waals surface area contributed by atoms with Crippen LogP contribution in [0.5, 0.6) is 0 Å². The molecule has 1 unspecified atom stereocenters. The molecule has 3 nitrogen and oxygen atoms in total. The van der Waals surface area contributed by atoms with E-state index in [4.69, 9.17) is 34.8 Å². The monoisotopic (exact) mass is 272 g/mol. The van der Waals surface area contributed by atoms with Crippen molar-refractivity contribution in [1.29, 1.82) is 0 Å². The molecule has 0 spiro atoms. The van der Waals surface area contributed by atoms with E-state index >= 15 is 0 Å². The summed E-state index contributed by atoms with van der Waals surface area (Å²) in [6.45, 7) is 3.35. The van der Waals surface area contributed by atoms with Crippen LogP contribution in [0.4, 0.5) is 4.79 Å². The van der Waals surface area contributed by atoms with Crippen LogP contribution < -0.4 is 56.5 Å². The molecular weight excluding hydrogens is 266 g/mol. The normalized spacial score (nSPS) is 13.4. The van der Waals surface area contributed by atoms with Gasteiger partial charge in [-0.3, -0.25) is 0 Å². The summed E-state index contributed by atoms with van der Waals surface area (Å²) in [5.74, 6) is -0.226. The second-order valence-electron chi connectivity index (χ2n) is 2.57. The van der Waals surface area contributed by atoms with Gasteiger partial charge in [-0.05, 0) is 5.92 Å². The third-order valence-corrected chi connectivity index (χ3v) is 1.80. The predicted molar refractivity (Wildman–Crippen MR) is 45.4 cm³/mol. The smallest absolute Gasteiger partial charge is 0.542 e. The topological polar surface area (TPSA) is 49.4 Å². The number of halogens is 3. The molecule has 0 aliphatic heterocycles. The molecule has 0 aliphatic carbocycles. The van der Waals surface area contributed by atoms with E-state index in [9.17, 15) is 9.90 Å². The number of alkyl halides is 3. The largest absolute Gasteiger partial charge is 1.00 e. The van der Waals surface area contributed by atoms with E-state index in [1.807, 2.05) is 0 Å². The maximum Gasteiger partial charge on any atom is 1.00 e. The van der Waals surface area contributed by atoms with Crippen molar-refractivity contribution in [2.24, 2.45) is 5.92 Å². The van der Waals surface area contributed by atoms with Crippen LogP contribution in [-0.2, 0) is 4.74 Å². The minimum atomic E-state index is -1.76. The first kappa shape index (κ1) is 17.2. The Morgan fingerprint density at radius 2 is 1.77 bits per heavy atom. The summed E-state index contributed by atoms with van der Waals surface area (Å²) in [7, 11) is 0. The molecule has 0 saturated carbocycles. The Morgan fingerprint density at radius 1 is 1.38 bits per heavy atom. The van der Waals surface area contributed by atoms with E-state index in [0.717, 1.165) is 0 Å². The van der Waals surface area contributed by atoms with Crippen LogP contribution in [-0.4, -0.2) is 16.1 Å². The van der Waals surface area contributed by atoms with E-state index < -0.39 is 16.1 Å². The van der Waals surface area contributed by atoms with E-state index in [1.54, 1.807) is 13.8 Å². The van der Waals surface area contributed by atoms with Gasteiger partial charge in [0.25, 0.3) is 6.16 Å². The number of carbonyl (C=O) groups excluding carboxylic acids is 1. The molecule has 0 aromatic rings. The standard InChI is InChI=1S/C6H9Cl3O3.K/c1-3(2)4(6(7,8)9)12-5(10)11;/h3-4H,1-2H3,(H,10,11);/q;+1/p-1. The molecule has 0 aliphatic rings. The quantitative estimate of drug-likeness (QED) is 0.359. The third-order valence-electron chi connectivity index (χ3n) is 1.15. The van der Waals surface area contributed by atoms with E-state index in [-0.39, 0.29) is 57.3 Å². The van der Waals surface area contributed by atoms with Crippen molar-refractivity contribution in [3.05, 3.63) is 0 Å². The summed E-state index contributed by atoms with van der Waals surface area (Å²) >= 11 is 16.4. The molecule has 1 atom stereocenters. The Balaban J connectivity index is 0. The van der Waals surface area contributed by atoms with Crippen molar-refractivity contribution in [1.82, 2.24) is 0 Å². The van der Waals surface area contributed by atoms with Gasteiger partial charge in [-0.15, -0.1) is 0 Å². The Bertz CT molecular complexity index is 169. The fourth-order valence-electron chi connectivity index (χ4n) is 0.685. The Labute approximate surface area is 134 Å². The van der Waals surface area contributed by atoms with Crippen molar-refractivity contribution in [2.45, 2.75) is 23.7 Å². The summed E-state index contributed by atoms with van der Waals surface area (Å²) in [6, 6.07) is 0. The molecular formula is C6H8Cl3KO3. The van der Waals surface area contributed by atoms with Crippen molar-refractivity contribution in [2.75, 3.05) is 0 Å². The van der Waals surface area contributed by atoms with Gasteiger partial charge in [0.1, 0.15) is 0 Å². The Kier molecular flexibility index (Phi) is 9.40. The summed E-state index contributed by atoms with van der Waals surface area (Å²) in [6.07, 6.45) is -2.70. The summed E-state index contributed by atoms with van der Waals surface area (Å²) in [5, 5.41) is 10.1. The van der Waals surface area contributed by atoms with Gasteiger partial charge in [0, 0.05) is 0 Å². The Morgan fingerprint density at radius 3 is 1.85 bits per heavy atom. The minimum absolute atomic E-state index is 0. The molecule has 0 radical (unpaired) electrons. The van der Waals surface area contributed by atoms with Gasteiger partial charge in [-0.25, -0.2) is 0 Å². The molecule has 0 aromatic heterocycles. The van der Waals surface area contributed by atoms with Crippen LogP contribution in [0.2, 0.25) is 0 Å². The van der Waals surface area contributed by atoms with Gasteiger partial charge in [-0.2, -0.15) is 0 Å². The molecule has 0 bridgehead atoms. The van der Waals surface area contributed by atoms with Gasteiger partial charge in [-0.1, -0.05) is 48.7 Å². The van der Waals surface area contributed by atoms with Crippen molar-refractivity contribution < 1.29 is 66.0 Å². The van der Waals surface area contributed by atoms with Gasteiger partial charge < -0.3 is 14.6 Å². The molecule has 7 heteroatoms. The molecule has 0 rings (SSSR count). The van der Waals surface area contributed by atoms with Gasteiger partial charge in [0.2, 0.25) is 3.79 Å². The third kappa shape index (κ3) is 7.68. The van der Waals surface area contributed by atoms with Gasteiger partial charge in [0.15, 0.2) is 0 Å². The first-order valence-corrected chi connectivity index (χ1v) is 4.33. The minimum Gasteiger partial charge on any atom is -0.542 e. The summed E-state index contributed by atoms with van der Waals surface area (Å²) in [5.41, 5.74) is 0. The maximum atomic E-state index is 10.1. The van der Waals surface area contributed by atoms with Crippen molar-refractivity contribution in [3.8, 4) is 0 Å².